The van der Waals surface area contributed by atoms with E-state index in [1.165, 1.54) is 0 Å². The third-order valence-electron chi connectivity index (χ3n) is 3.06. The van der Waals surface area contributed by atoms with Crippen molar-refractivity contribution in [2.45, 2.75) is 33.2 Å². The number of rotatable bonds is 5. The molecule has 0 aliphatic carbocycles. The molecular weight excluding hydrogens is 252 g/mol. The highest BCUT2D eigenvalue weighted by atomic mass is 16.3. The molecule has 1 atom stereocenters. The summed E-state index contributed by atoms with van der Waals surface area (Å²) in [4.78, 5) is 14.1. The fourth-order valence-corrected chi connectivity index (χ4v) is 2.08. The van der Waals surface area contributed by atoms with E-state index in [4.69, 9.17) is 0 Å². The van der Waals surface area contributed by atoms with E-state index in [0.29, 0.717) is 5.56 Å². The molecule has 0 heterocycles. The molecule has 1 aromatic rings. The van der Waals surface area contributed by atoms with Crippen molar-refractivity contribution in [3.05, 3.63) is 29.8 Å². The smallest absolute Gasteiger partial charge is 0.251 e. The molecule has 20 heavy (non-hydrogen) atoms. The predicted octanol–water partition coefficient (Wildman–Crippen LogP) is 2.28. The van der Waals surface area contributed by atoms with E-state index < -0.39 is 0 Å². The molecule has 0 fully saturated rings. The van der Waals surface area contributed by atoms with Crippen LogP contribution in [-0.2, 0) is 0 Å². The molecular formula is C16H26N2O2. The van der Waals surface area contributed by atoms with Crippen molar-refractivity contribution in [3.8, 4) is 0 Å². The number of carbonyl (C=O) groups is 1. The number of nitrogens with zero attached hydrogens (tertiary/aromatic N) is 1. The number of hydrogen-bond acceptors (Lipinski definition) is 3. The van der Waals surface area contributed by atoms with Crippen LogP contribution in [0.1, 0.15) is 37.6 Å². The Morgan fingerprint density at radius 1 is 1.25 bits per heavy atom. The van der Waals surface area contributed by atoms with E-state index in [9.17, 15) is 9.90 Å². The Labute approximate surface area is 121 Å². The lowest BCUT2D eigenvalue weighted by atomic mass is 9.88. The van der Waals surface area contributed by atoms with Crippen molar-refractivity contribution in [3.63, 3.8) is 0 Å². The van der Waals surface area contributed by atoms with Gasteiger partial charge in [0.2, 0.25) is 0 Å². The highest BCUT2D eigenvalue weighted by Gasteiger charge is 2.20. The number of amides is 1. The lowest BCUT2D eigenvalue weighted by molar-refractivity contribution is 0.0897. The largest absolute Gasteiger partial charge is 0.394 e. The minimum atomic E-state index is -0.212. The minimum absolute atomic E-state index is 0.0429. The van der Waals surface area contributed by atoms with Gasteiger partial charge in [-0.1, -0.05) is 20.8 Å². The van der Waals surface area contributed by atoms with Gasteiger partial charge in [-0.25, -0.2) is 0 Å². The van der Waals surface area contributed by atoms with Gasteiger partial charge in [0, 0.05) is 25.3 Å². The normalized spacial score (nSPS) is 12.9. The minimum Gasteiger partial charge on any atom is -0.394 e. The van der Waals surface area contributed by atoms with E-state index in [1.54, 1.807) is 12.1 Å². The van der Waals surface area contributed by atoms with Crippen LogP contribution in [0.15, 0.2) is 24.3 Å². The summed E-state index contributed by atoms with van der Waals surface area (Å²) in [6.45, 7) is 6.23. The average Bonchev–Trinajstić information content (AvgIpc) is 2.36. The Morgan fingerprint density at radius 3 is 2.20 bits per heavy atom. The van der Waals surface area contributed by atoms with Gasteiger partial charge < -0.3 is 15.3 Å². The zero-order valence-electron chi connectivity index (χ0n) is 13.1. The van der Waals surface area contributed by atoms with Crippen LogP contribution in [0.25, 0.3) is 0 Å². The third-order valence-corrected chi connectivity index (χ3v) is 3.06. The molecule has 1 rings (SSSR count). The Kier molecular flexibility index (Phi) is 5.57. The fourth-order valence-electron chi connectivity index (χ4n) is 2.08. The van der Waals surface area contributed by atoms with Crippen molar-refractivity contribution < 1.29 is 9.90 Å². The first kappa shape index (κ1) is 16.5. The molecule has 0 saturated heterocycles. The summed E-state index contributed by atoms with van der Waals surface area (Å²) in [7, 11) is 3.92. The van der Waals surface area contributed by atoms with Gasteiger partial charge in [0.05, 0.1) is 12.6 Å². The molecule has 4 nitrogen and oxygen atoms in total. The van der Waals surface area contributed by atoms with Gasteiger partial charge in [-0.05, 0) is 36.1 Å². The number of aliphatic hydroxyl groups is 1. The summed E-state index contributed by atoms with van der Waals surface area (Å²) in [5, 5.41) is 12.3. The van der Waals surface area contributed by atoms with Gasteiger partial charge in [-0.3, -0.25) is 4.79 Å². The molecule has 2 N–H and O–H groups in total. The van der Waals surface area contributed by atoms with Crippen LogP contribution in [0.2, 0.25) is 0 Å². The second-order valence-electron chi connectivity index (χ2n) is 6.56. The summed E-state index contributed by atoms with van der Waals surface area (Å²) in [5.41, 5.74) is 1.73. The van der Waals surface area contributed by atoms with E-state index >= 15 is 0 Å². The Morgan fingerprint density at radius 2 is 1.80 bits per heavy atom. The molecule has 0 aliphatic heterocycles. The van der Waals surface area contributed by atoms with Gasteiger partial charge in [0.15, 0.2) is 0 Å². The SMILES string of the molecule is CN(C)c1ccc(C(=O)N[C@@H](CO)CC(C)(C)C)cc1. The van der Waals surface area contributed by atoms with Gasteiger partial charge in [0.25, 0.3) is 5.91 Å². The molecule has 1 aromatic carbocycles. The number of aliphatic hydroxyl groups excluding tert-OH is 1. The molecule has 0 unspecified atom stereocenters. The number of anilines is 1. The molecule has 1 amide bonds. The van der Waals surface area contributed by atoms with Crippen molar-refractivity contribution in [2.75, 3.05) is 25.6 Å². The first-order valence-electron chi connectivity index (χ1n) is 6.92. The van der Waals surface area contributed by atoms with Crippen molar-refractivity contribution >= 4 is 11.6 Å². The lowest BCUT2D eigenvalue weighted by Crippen LogP contribution is -2.40. The van der Waals surface area contributed by atoms with Crippen LogP contribution in [0.5, 0.6) is 0 Å². The summed E-state index contributed by atoms with van der Waals surface area (Å²) >= 11 is 0. The molecule has 0 aromatic heterocycles. The Hall–Kier alpha value is -1.55. The molecule has 0 aliphatic rings. The number of hydrogen-bond donors (Lipinski definition) is 2. The highest BCUT2D eigenvalue weighted by molar-refractivity contribution is 5.94. The van der Waals surface area contributed by atoms with E-state index in [-0.39, 0.29) is 24.0 Å². The fraction of sp³-hybridized carbons (Fsp3) is 0.562. The second-order valence-corrected chi connectivity index (χ2v) is 6.56. The van der Waals surface area contributed by atoms with Crippen LogP contribution in [0, 0.1) is 5.41 Å². The Bertz CT molecular complexity index is 433. The zero-order valence-corrected chi connectivity index (χ0v) is 13.1. The highest BCUT2D eigenvalue weighted by Crippen LogP contribution is 2.21. The Balaban J connectivity index is 2.69. The summed E-state index contributed by atoms with van der Waals surface area (Å²) < 4.78 is 0. The maximum atomic E-state index is 12.1. The second kappa shape index (κ2) is 6.75. The standard InChI is InChI=1S/C16H26N2O2/c1-16(2,3)10-13(11-19)17-15(20)12-6-8-14(9-7-12)18(4)5/h6-9,13,19H,10-11H2,1-5H3,(H,17,20)/t13-/m1/s1. The molecule has 0 saturated carbocycles. The van der Waals surface area contributed by atoms with Crippen LogP contribution in [0.3, 0.4) is 0 Å². The maximum Gasteiger partial charge on any atom is 0.251 e. The van der Waals surface area contributed by atoms with E-state index in [1.807, 2.05) is 31.1 Å². The van der Waals surface area contributed by atoms with Gasteiger partial charge >= 0.3 is 0 Å². The molecule has 0 radical (unpaired) electrons. The van der Waals surface area contributed by atoms with Crippen molar-refractivity contribution in [1.29, 1.82) is 0 Å². The average molecular weight is 278 g/mol. The number of carbonyl (C=O) groups excluding carboxylic acids is 1. The lowest BCUT2D eigenvalue weighted by Gasteiger charge is -2.25. The van der Waals surface area contributed by atoms with Gasteiger partial charge in [0.1, 0.15) is 0 Å². The van der Waals surface area contributed by atoms with Crippen molar-refractivity contribution in [2.24, 2.45) is 5.41 Å². The van der Waals surface area contributed by atoms with Crippen LogP contribution in [-0.4, -0.2) is 37.8 Å². The van der Waals surface area contributed by atoms with Crippen LogP contribution < -0.4 is 10.2 Å². The zero-order chi connectivity index (χ0) is 15.3. The molecule has 0 bridgehead atoms. The number of nitrogens with one attached hydrogen (secondary N) is 1. The van der Waals surface area contributed by atoms with E-state index in [2.05, 4.69) is 26.1 Å². The van der Waals surface area contributed by atoms with Crippen LogP contribution in [0.4, 0.5) is 5.69 Å². The topological polar surface area (TPSA) is 52.6 Å². The van der Waals surface area contributed by atoms with Gasteiger partial charge in [-0.2, -0.15) is 0 Å². The third kappa shape index (κ3) is 5.21. The monoisotopic (exact) mass is 278 g/mol. The predicted molar refractivity (Wildman–Crippen MR) is 83.2 cm³/mol. The number of benzene rings is 1. The molecule has 0 spiro atoms. The summed E-state index contributed by atoms with van der Waals surface area (Å²) in [6, 6.07) is 7.21. The van der Waals surface area contributed by atoms with Gasteiger partial charge in [-0.15, -0.1) is 0 Å². The van der Waals surface area contributed by atoms with E-state index in [0.717, 1.165) is 12.1 Å². The first-order valence-corrected chi connectivity index (χ1v) is 6.92. The maximum absolute atomic E-state index is 12.1. The van der Waals surface area contributed by atoms with Crippen molar-refractivity contribution in [1.82, 2.24) is 5.32 Å². The molecule has 4 heteroatoms. The summed E-state index contributed by atoms with van der Waals surface area (Å²) in [6.07, 6.45) is 0.741. The molecule has 112 valence electrons. The quantitative estimate of drug-likeness (QED) is 0.869. The van der Waals surface area contributed by atoms with Crippen LogP contribution >= 0.6 is 0 Å². The first-order chi connectivity index (χ1) is 9.23. The summed E-state index contributed by atoms with van der Waals surface area (Å²) in [5.74, 6) is -0.140.